The summed E-state index contributed by atoms with van der Waals surface area (Å²) in [6.45, 7) is 6.90. The van der Waals surface area contributed by atoms with Gasteiger partial charge in [0.2, 0.25) is 0 Å². The molecule has 2 aromatic rings. The number of nitrogens with zero attached hydrogens (tertiary/aromatic N) is 2. The summed E-state index contributed by atoms with van der Waals surface area (Å²) in [7, 11) is 2.01. The maximum atomic E-state index is 6.19. The van der Waals surface area contributed by atoms with Crippen molar-refractivity contribution in [1.29, 1.82) is 0 Å². The van der Waals surface area contributed by atoms with Crippen molar-refractivity contribution in [3.63, 3.8) is 0 Å². The lowest BCUT2D eigenvalue weighted by Gasteiger charge is -2.37. The van der Waals surface area contributed by atoms with Crippen molar-refractivity contribution in [3.8, 4) is 5.75 Å². The van der Waals surface area contributed by atoms with Crippen LogP contribution in [0.25, 0.3) is 0 Å². The van der Waals surface area contributed by atoms with Gasteiger partial charge in [-0.05, 0) is 55.4 Å². The number of aryl methyl sites for hydroxylation is 1. The number of benzene rings is 2. The minimum atomic E-state index is 0.0806. The molecule has 0 unspecified atom stereocenters. The molecule has 0 saturated heterocycles. The molecule has 0 bridgehead atoms. The van der Waals surface area contributed by atoms with Crippen LogP contribution in [0.5, 0.6) is 5.75 Å². The van der Waals surface area contributed by atoms with Gasteiger partial charge in [-0.3, -0.25) is 0 Å². The Morgan fingerprint density at radius 3 is 2.62 bits per heavy atom. The molecule has 1 atom stereocenters. The van der Waals surface area contributed by atoms with Gasteiger partial charge in [0, 0.05) is 19.3 Å². The van der Waals surface area contributed by atoms with Gasteiger partial charge in [0.05, 0.1) is 18.8 Å². The standard InChI is InChI=1S/C21H27N3OS/c1-4-16-10-12-17(13-11-16)22-21(26)23(3)14-18-15-24(5-2)19-8-6-7-9-20(19)25-18/h6-13,18H,4-5,14-15H2,1-3H3,(H,22,26)/t18-/m0/s1. The molecule has 2 aromatic carbocycles. The van der Waals surface area contributed by atoms with Gasteiger partial charge in [0.15, 0.2) is 5.11 Å². The molecule has 26 heavy (non-hydrogen) atoms. The van der Waals surface area contributed by atoms with Crippen LogP contribution in [0.2, 0.25) is 0 Å². The molecule has 5 heteroatoms. The van der Waals surface area contributed by atoms with E-state index in [-0.39, 0.29) is 6.10 Å². The van der Waals surface area contributed by atoms with Crippen molar-refractivity contribution in [3.05, 3.63) is 54.1 Å². The summed E-state index contributed by atoms with van der Waals surface area (Å²) in [5.41, 5.74) is 3.51. The lowest BCUT2D eigenvalue weighted by atomic mass is 10.1. The van der Waals surface area contributed by atoms with Crippen LogP contribution in [0.15, 0.2) is 48.5 Å². The highest BCUT2D eigenvalue weighted by Gasteiger charge is 2.26. The van der Waals surface area contributed by atoms with E-state index in [1.54, 1.807) is 0 Å². The molecule has 0 amide bonds. The second-order valence-electron chi connectivity index (χ2n) is 6.61. The van der Waals surface area contributed by atoms with Crippen LogP contribution in [0.1, 0.15) is 19.4 Å². The molecule has 0 radical (unpaired) electrons. The first-order chi connectivity index (χ1) is 12.6. The Morgan fingerprint density at radius 1 is 1.19 bits per heavy atom. The number of thiocarbonyl (C=S) groups is 1. The first-order valence-electron chi connectivity index (χ1n) is 9.22. The van der Waals surface area contributed by atoms with E-state index in [2.05, 4.69) is 65.4 Å². The number of hydrogen-bond acceptors (Lipinski definition) is 3. The summed E-state index contributed by atoms with van der Waals surface area (Å²) in [5, 5.41) is 4.02. The minimum Gasteiger partial charge on any atom is -0.485 e. The minimum absolute atomic E-state index is 0.0806. The summed E-state index contributed by atoms with van der Waals surface area (Å²) in [4.78, 5) is 4.41. The third-order valence-electron chi connectivity index (χ3n) is 4.74. The predicted octanol–water partition coefficient (Wildman–Crippen LogP) is 4.17. The van der Waals surface area contributed by atoms with E-state index in [0.717, 1.165) is 37.5 Å². The van der Waals surface area contributed by atoms with Crippen LogP contribution in [0.4, 0.5) is 11.4 Å². The summed E-state index contributed by atoms with van der Waals surface area (Å²) in [6, 6.07) is 16.6. The Bertz CT molecular complexity index is 747. The Morgan fingerprint density at radius 2 is 1.92 bits per heavy atom. The van der Waals surface area contributed by atoms with Crippen molar-refractivity contribution in [2.75, 3.05) is 36.9 Å². The van der Waals surface area contributed by atoms with Crippen molar-refractivity contribution in [2.45, 2.75) is 26.4 Å². The van der Waals surface area contributed by atoms with Gasteiger partial charge in [-0.1, -0.05) is 31.2 Å². The number of para-hydroxylation sites is 2. The molecular formula is C21H27N3OS. The van der Waals surface area contributed by atoms with E-state index in [4.69, 9.17) is 17.0 Å². The zero-order chi connectivity index (χ0) is 18.5. The van der Waals surface area contributed by atoms with Crippen molar-refractivity contribution < 1.29 is 4.74 Å². The monoisotopic (exact) mass is 369 g/mol. The molecule has 138 valence electrons. The number of rotatable bonds is 5. The fraction of sp³-hybridized carbons (Fsp3) is 0.381. The smallest absolute Gasteiger partial charge is 0.173 e. The van der Waals surface area contributed by atoms with Gasteiger partial charge in [0.1, 0.15) is 11.9 Å². The Kier molecular flexibility index (Phi) is 5.99. The maximum absolute atomic E-state index is 6.19. The molecule has 0 aromatic heterocycles. The molecule has 4 nitrogen and oxygen atoms in total. The molecule has 1 aliphatic rings. The van der Waals surface area contributed by atoms with E-state index in [1.165, 1.54) is 11.3 Å². The Balaban J connectivity index is 1.60. The second-order valence-corrected chi connectivity index (χ2v) is 6.99. The maximum Gasteiger partial charge on any atom is 0.173 e. The normalized spacial score (nSPS) is 15.8. The average Bonchev–Trinajstić information content (AvgIpc) is 2.67. The van der Waals surface area contributed by atoms with Gasteiger partial charge < -0.3 is 19.9 Å². The number of anilines is 2. The van der Waals surface area contributed by atoms with E-state index in [0.29, 0.717) is 5.11 Å². The zero-order valence-electron chi connectivity index (χ0n) is 15.7. The predicted molar refractivity (Wildman–Crippen MR) is 113 cm³/mol. The van der Waals surface area contributed by atoms with Crippen LogP contribution in [0, 0.1) is 0 Å². The second kappa shape index (κ2) is 8.41. The van der Waals surface area contributed by atoms with Crippen LogP contribution in [-0.2, 0) is 6.42 Å². The summed E-state index contributed by atoms with van der Waals surface area (Å²) < 4.78 is 6.19. The highest BCUT2D eigenvalue weighted by Crippen LogP contribution is 2.32. The SMILES string of the molecule is CCc1ccc(NC(=S)N(C)C[C@H]2CN(CC)c3ccccc3O2)cc1. The molecular weight excluding hydrogens is 342 g/mol. The summed E-state index contributed by atoms with van der Waals surface area (Å²) in [5.74, 6) is 0.952. The first kappa shape index (κ1) is 18.5. The third-order valence-corrected chi connectivity index (χ3v) is 5.16. The number of nitrogens with one attached hydrogen (secondary N) is 1. The van der Waals surface area contributed by atoms with Crippen LogP contribution < -0.4 is 15.0 Å². The number of fused-ring (bicyclic) bond motifs is 1. The van der Waals surface area contributed by atoms with E-state index >= 15 is 0 Å². The summed E-state index contributed by atoms with van der Waals surface area (Å²) >= 11 is 5.57. The Labute approximate surface area is 161 Å². The van der Waals surface area contributed by atoms with Crippen LogP contribution >= 0.6 is 12.2 Å². The molecule has 0 aliphatic carbocycles. The molecule has 0 spiro atoms. The quantitative estimate of drug-likeness (QED) is 0.799. The van der Waals surface area contributed by atoms with Crippen LogP contribution in [-0.4, -0.2) is 42.8 Å². The van der Waals surface area contributed by atoms with Gasteiger partial charge in [0.25, 0.3) is 0 Å². The first-order valence-corrected chi connectivity index (χ1v) is 9.63. The lowest BCUT2D eigenvalue weighted by Crippen LogP contribution is -2.47. The third kappa shape index (κ3) is 4.28. The molecule has 3 rings (SSSR count). The van der Waals surface area contributed by atoms with Gasteiger partial charge in [-0.15, -0.1) is 0 Å². The number of ether oxygens (including phenoxy) is 1. The Hall–Kier alpha value is -2.27. The molecule has 1 N–H and O–H groups in total. The molecule has 1 heterocycles. The number of hydrogen-bond donors (Lipinski definition) is 1. The highest BCUT2D eigenvalue weighted by atomic mass is 32.1. The fourth-order valence-electron chi connectivity index (χ4n) is 3.20. The highest BCUT2D eigenvalue weighted by molar-refractivity contribution is 7.80. The van der Waals surface area contributed by atoms with Crippen molar-refractivity contribution in [2.24, 2.45) is 0 Å². The number of likely N-dealkylation sites (N-methyl/N-ethyl adjacent to an activating group) is 2. The molecule has 0 saturated carbocycles. The van der Waals surface area contributed by atoms with Gasteiger partial charge >= 0.3 is 0 Å². The molecule has 1 aliphatic heterocycles. The van der Waals surface area contributed by atoms with Crippen molar-refractivity contribution >= 4 is 28.7 Å². The van der Waals surface area contributed by atoms with E-state index < -0.39 is 0 Å². The molecule has 0 fully saturated rings. The summed E-state index contributed by atoms with van der Waals surface area (Å²) in [6.07, 6.45) is 1.12. The van der Waals surface area contributed by atoms with Crippen molar-refractivity contribution in [1.82, 2.24) is 4.90 Å². The average molecular weight is 370 g/mol. The lowest BCUT2D eigenvalue weighted by molar-refractivity contribution is 0.169. The largest absolute Gasteiger partial charge is 0.485 e. The van der Waals surface area contributed by atoms with E-state index in [9.17, 15) is 0 Å². The zero-order valence-corrected chi connectivity index (χ0v) is 16.6. The van der Waals surface area contributed by atoms with Gasteiger partial charge in [-0.2, -0.15) is 0 Å². The van der Waals surface area contributed by atoms with E-state index in [1.807, 2.05) is 19.2 Å². The van der Waals surface area contributed by atoms with Crippen LogP contribution in [0.3, 0.4) is 0 Å². The van der Waals surface area contributed by atoms with Gasteiger partial charge in [-0.25, -0.2) is 0 Å². The fourth-order valence-corrected chi connectivity index (χ4v) is 3.40. The topological polar surface area (TPSA) is 27.7 Å².